The number of nitrogens with zero attached hydrogens (tertiary/aromatic N) is 3. The Morgan fingerprint density at radius 3 is 2.50 bits per heavy atom. The van der Waals surface area contributed by atoms with Crippen LogP contribution in [0, 0.1) is 13.8 Å². The van der Waals surface area contributed by atoms with Gasteiger partial charge in [-0.25, -0.2) is 9.97 Å². The molecule has 6 nitrogen and oxygen atoms in total. The standard InChI is InChI=1S/C20H27N5O/c1-5-25(6-2)16-9-10-17(13(3)11-16)23-20-21-14(4)12-18(24-20)19(26)22-15-7-8-15/h9-12,15H,5-8H2,1-4H3,(H,22,26)(H,21,23,24). The molecule has 1 aliphatic rings. The predicted molar refractivity (Wildman–Crippen MR) is 105 cm³/mol. The third kappa shape index (κ3) is 4.31. The number of rotatable bonds is 7. The fourth-order valence-corrected chi connectivity index (χ4v) is 2.92. The van der Waals surface area contributed by atoms with Gasteiger partial charge in [0.15, 0.2) is 0 Å². The topological polar surface area (TPSA) is 70.2 Å². The summed E-state index contributed by atoms with van der Waals surface area (Å²) >= 11 is 0. The lowest BCUT2D eigenvalue weighted by atomic mass is 10.1. The van der Waals surface area contributed by atoms with Crippen LogP contribution in [0.15, 0.2) is 24.3 Å². The van der Waals surface area contributed by atoms with Crippen LogP contribution in [-0.2, 0) is 0 Å². The Hall–Kier alpha value is -2.63. The maximum Gasteiger partial charge on any atom is 0.270 e. The van der Waals surface area contributed by atoms with Crippen molar-refractivity contribution in [1.29, 1.82) is 0 Å². The number of nitrogens with one attached hydrogen (secondary N) is 2. The lowest BCUT2D eigenvalue weighted by molar-refractivity contribution is 0.0946. The summed E-state index contributed by atoms with van der Waals surface area (Å²) in [7, 11) is 0. The van der Waals surface area contributed by atoms with Crippen molar-refractivity contribution in [1.82, 2.24) is 15.3 Å². The zero-order chi connectivity index (χ0) is 18.7. The molecule has 1 aliphatic carbocycles. The number of carbonyl (C=O) groups excluding carboxylic acids is 1. The van der Waals surface area contributed by atoms with Crippen LogP contribution in [0.4, 0.5) is 17.3 Å². The number of hydrogen-bond acceptors (Lipinski definition) is 5. The molecule has 26 heavy (non-hydrogen) atoms. The van der Waals surface area contributed by atoms with Gasteiger partial charge in [0.25, 0.3) is 5.91 Å². The second-order valence-electron chi connectivity index (χ2n) is 6.76. The van der Waals surface area contributed by atoms with E-state index in [9.17, 15) is 4.79 Å². The summed E-state index contributed by atoms with van der Waals surface area (Å²) in [5.74, 6) is 0.319. The molecule has 0 bridgehead atoms. The first-order valence-corrected chi connectivity index (χ1v) is 9.29. The van der Waals surface area contributed by atoms with E-state index >= 15 is 0 Å². The number of hydrogen-bond donors (Lipinski definition) is 2. The van der Waals surface area contributed by atoms with Crippen LogP contribution in [-0.4, -0.2) is 35.0 Å². The number of amides is 1. The van der Waals surface area contributed by atoms with Gasteiger partial charge in [-0.05, 0) is 70.4 Å². The van der Waals surface area contributed by atoms with Crippen molar-refractivity contribution in [3.8, 4) is 0 Å². The quantitative estimate of drug-likeness (QED) is 0.796. The number of aryl methyl sites for hydroxylation is 2. The van der Waals surface area contributed by atoms with Gasteiger partial charge in [-0.1, -0.05) is 0 Å². The molecule has 138 valence electrons. The van der Waals surface area contributed by atoms with Crippen molar-refractivity contribution in [3.63, 3.8) is 0 Å². The summed E-state index contributed by atoms with van der Waals surface area (Å²) < 4.78 is 0. The molecule has 0 atom stereocenters. The van der Waals surface area contributed by atoms with Crippen molar-refractivity contribution in [2.24, 2.45) is 0 Å². The van der Waals surface area contributed by atoms with E-state index in [-0.39, 0.29) is 5.91 Å². The molecule has 0 unspecified atom stereocenters. The zero-order valence-corrected chi connectivity index (χ0v) is 16.0. The highest BCUT2D eigenvalue weighted by Gasteiger charge is 2.24. The van der Waals surface area contributed by atoms with E-state index in [1.54, 1.807) is 6.07 Å². The Balaban J connectivity index is 1.79. The first kappa shape index (κ1) is 18.2. The van der Waals surface area contributed by atoms with E-state index < -0.39 is 0 Å². The van der Waals surface area contributed by atoms with Crippen LogP contribution in [0.1, 0.15) is 48.4 Å². The first-order valence-electron chi connectivity index (χ1n) is 9.29. The number of aromatic nitrogens is 2. The normalized spacial score (nSPS) is 13.4. The largest absolute Gasteiger partial charge is 0.372 e. The average molecular weight is 353 g/mol. The Bertz CT molecular complexity index is 797. The number of benzene rings is 1. The van der Waals surface area contributed by atoms with E-state index in [0.717, 1.165) is 42.9 Å². The van der Waals surface area contributed by atoms with Crippen LogP contribution in [0.25, 0.3) is 0 Å². The van der Waals surface area contributed by atoms with Crippen LogP contribution in [0.3, 0.4) is 0 Å². The summed E-state index contributed by atoms with van der Waals surface area (Å²) in [6.45, 7) is 10.2. The fourth-order valence-electron chi connectivity index (χ4n) is 2.92. The smallest absolute Gasteiger partial charge is 0.270 e. The van der Waals surface area contributed by atoms with Gasteiger partial charge in [-0.2, -0.15) is 0 Å². The molecule has 1 saturated carbocycles. The lowest BCUT2D eigenvalue weighted by Gasteiger charge is -2.22. The summed E-state index contributed by atoms with van der Waals surface area (Å²) in [6.07, 6.45) is 2.11. The molecule has 2 aromatic rings. The van der Waals surface area contributed by atoms with E-state index in [1.807, 2.05) is 13.0 Å². The van der Waals surface area contributed by atoms with Gasteiger partial charge in [0.1, 0.15) is 5.69 Å². The van der Waals surface area contributed by atoms with Crippen molar-refractivity contribution in [2.45, 2.75) is 46.6 Å². The molecule has 3 rings (SSSR count). The minimum Gasteiger partial charge on any atom is -0.372 e. The third-order valence-electron chi connectivity index (χ3n) is 4.58. The van der Waals surface area contributed by atoms with Gasteiger partial charge in [0, 0.05) is 36.2 Å². The molecule has 0 spiro atoms. The number of carbonyl (C=O) groups is 1. The minimum atomic E-state index is -0.130. The maximum atomic E-state index is 12.3. The van der Waals surface area contributed by atoms with Gasteiger partial charge < -0.3 is 15.5 Å². The molecule has 0 saturated heterocycles. The second kappa shape index (κ2) is 7.72. The summed E-state index contributed by atoms with van der Waals surface area (Å²) in [6, 6.07) is 8.33. The minimum absolute atomic E-state index is 0.130. The SMILES string of the molecule is CCN(CC)c1ccc(Nc2nc(C)cc(C(=O)NC3CC3)n2)c(C)c1. The Kier molecular flexibility index (Phi) is 5.40. The highest BCUT2D eigenvalue weighted by Crippen LogP contribution is 2.25. The van der Waals surface area contributed by atoms with Crippen LogP contribution in [0.2, 0.25) is 0 Å². The van der Waals surface area contributed by atoms with Crippen LogP contribution in [0.5, 0.6) is 0 Å². The molecule has 1 aromatic carbocycles. The Morgan fingerprint density at radius 2 is 1.88 bits per heavy atom. The van der Waals surface area contributed by atoms with E-state index in [2.05, 4.69) is 58.4 Å². The lowest BCUT2D eigenvalue weighted by Crippen LogP contribution is -2.26. The molecule has 0 aliphatic heterocycles. The Labute approximate surface area is 155 Å². The van der Waals surface area contributed by atoms with Gasteiger partial charge in [0.2, 0.25) is 5.95 Å². The molecule has 1 fully saturated rings. The molecular weight excluding hydrogens is 326 g/mol. The average Bonchev–Trinajstić information content (AvgIpc) is 3.42. The van der Waals surface area contributed by atoms with Gasteiger partial charge in [0.05, 0.1) is 0 Å². The van der Waals surface area contributed by atoms with Crippen LogP contribution < -0.4 is 15.5 Å². The van der Waals surface area contributed by atoms with E-state index in [4.69, 9.17) is 0 Å². The monoisotopic (exact) mass is 353 g/mol. The molecule has 1 amide bonds. The molecule has 2 N–H and O–H groups in total. The van der Waals surface area contributed by atoms with Crippen molar-refractivity contribution in [2.75, 3.05) is 23.3 Å². The molecule has 6 heteroatoms. The van der Waals surface area contributed by atoms with Crippen LogP contribution >= 0.6 is 0 Å². The Morgan fingerprint density at radius 1 is 1.15 bits per heavy atom. The highest BCUT2D eigenvalue weighted by molar-refractivity contribution is 5.93. The van der Waals surface area contributed by atoms with Gasteiger partial charge >= 0.3 is 0 Å². The van der Waals surface area contributed by atoms with Gasteiger partial charge in [-0.15, -0.1) is 0 Å². The van der Waals surface area contributed by atoms with Crippen molar-refractivity contribution in [3.05, 3.63) is 41.2 Å². The van der Waals surface area contributed by atoms with E-state index in [0.29, 0.717) is 17.7 Å². The third-order valence-corrected chi connectivity index (χ3v) is 4.58. The molecule has 1 heterocycles. The maximum absolute atomic E-state index is 12.3. The van der Waals surface area contributed by atoms with Gasteiger partial charge in [-0.3, -0.25) is 4.79 Å². The summed E-state index contributed by atoms with van der Waals surface area (Å²) in [5, 5.41) is 6.23. The summed E-state index contributed by atoms with van der Waals surface area (Å²) in [5.41, 5.74) is 4.43. The predicted octanol–water partition coefficient (Wildman–Crippen LogP) is 3.58. The molecular formula is C20H27N5O. The number of anilines is 3. The first-order chi connectivity index (χ1) is 12.5. The summed E-state index contributed by atoms with van der Waals surface area (Å²) in [4.78, 5) is 23.4. The van der Waals surface area contributed by atoms with E-state index in [1.165, 1.54) is 5.69 Å². The molecule has 0 radical (unpaired) electrons. The highest BCUT2D eigenvalue weighted by atomic mass is 16.2. The molecule has 1 aromatic heterocycles. The van der Waals surface area contributed by atoms with Crippen molar-refractivity contribution < 1.29 is 4.79 Å². The second-order valence-corrected chi connectivity index (χ2v) is 6.76. The fraction of sp³-hybridized carbons (Fsp3) is 0.450. The zero-order valence-electron chi connectivity index (χ0n) is 16.0. The van der Waals surface area contributed by atoms with Crippen molar-refractivity contribution >= 4 is 23.2 Å².